The van der Waals surface area contributed by atoms with E-state index in [0.29, 0.717) is 0 Å². The number of hydrogen-bond donors (Lipinski definition) is 0. The molecule has 0 heteroatoms. The Morgan fingerprint density at radius 2 is 0.889 bits per heavy atom. The molecule has 0 aliphatic rings. The van der Waals surface area contributed by atoms with Crippen LogP contribution in [-0.4, -0.2) is 0 Å². The average Bonchev–Trinajstić information content (AvgIpc) is 2.69. The van der Waals surface area contributed by atoms with Gasteiger partial charge in [0.15, 0.2) is 0 Å². The highest BCUT2D eigenvalue weighted by atomic mass is 14.2. The molecule has 163 valence electrons. The highest BCUT2D eigenvalue weighted by Gasteiger charge is 2.18. The van der Waals surface area contributed by atoms with Gasteiger partial charge in [0.25, 0.3) is 0 Å². The minimum Gasteiger partial charge on any atom is -0.0654 e. The topological polar surface area (TPSA) is 0 Å². The van der Waals surface area contributed by atoms with Crippen LogP contribution >= 0.6 is 0 Å². The molecule has 0 fully saturated rings. The second-order valence-electron chi connectivity index (χ2n) is 8.96. The molecule has 0 spiro atoms. The van der Waals surface area contributed by atoms with Crippen LogP contribution in [0.5, 0.6) is 0 Å². The van der Waals surface area contributed by atoms with Crippen LogP contribution in [0.2, 0.25) is 0 Å². The van der Waals surface area contributed by atoms with Gasteiger partial charge in [0, 0.05) is 0 Å². The van der Waals surface area contributed by atoms with Crippen LogP contribution in [0.1, 0.15) is 163 Å². The van der Waals surface area contributed by atoms with E-state index in [9.17, 15) is 0 Å². The fourth-order valence-corrected chi connectivity index (χ4v) is 4.55. The van der Waals surface area contributed by atoms with E-state index in [1.54, 1.807) is 0 Å². The first-order valence-corrected chi connectivity index (χ1v) is 13.1. The first-order valence-electron chi connectivity index (χ1n) is 13.1. The summed E-state index contributed by atoms with van der Waals surface area (Å²) in [7, 11) is 0. The van der Waals surface area contributed by atoms with Gasteiger partial charge < -0.3 is 0 Å². The lowest BCUT2D eigenvalue weighted by Gasteiger charge is -2.25. The van der Waals surface area contributed by atoms with E-state index in [1.807, 2.05) is 5.92 Å². The van der Waals surface area contributed by atoms with E-state index in [-0.39, 0.29) is 0 Å². The lowest BCUT2D eigenvalue weighted by atomic mass is 9.81. The summed E-state index contributed by atoms with van der Waals surface area (Å²) in [6.07, 6.45) is 30.3. The molecule has 0 aromatic heterocycles. The van der Waals surface area contributed by atoms with Gasteiger partial charge >= 0.3 is 0 Å². The van der Waals surface area contributed by atoms with Crippen molar-refractivity contribution in [1.29, 1.82) is 0 Å². The van der Waals surface area contributed by atoms with Gasteiger partial charge in [-0.2, -0.15) is 0 Å². The van der Waals surface area contributed by atoms with Crippen molar-refractivity contribution in [3.8, 4) is 0 Å². The van der Waals surface area contributed by atoms with Gasteiger partial charge in [-0.1, -0.05) is 143 Å². The Morgan fingerprint density at radius 3 is 1.30 bits per heavy atom. The lowest BCUT2D eigenvalue weighted by Crippen LogP contribution is -2.11. The monoisotopic (exact) mass is 379 g/mol. The molecule has 1 radical (unpaired) electrons. The average molecular weight is 380 g/mol. The molecule has 0 bridgehead atoms. The highest BCUT2D eigenvalue weighted by molar-refractivity contribution is 4.94. The van der Waals surface area contributed by atoms with E-state index in [0.717, 1.165) is 5.92 Å². The first kappa shape index (κ1) is 27.0. The molecule has 0 aromatic rings. The molecular weight excluding hydrogens is 324 g/mol. The smallest absolute Gasteiger partial charge is 0.0213 e. The SMILES string of the molecule is CCCCCCCCCCCC[C](CC)C(CC)CCCCCCCCC. The van der Waals surface area contributed by atoms with E-state index in [4.69, 9.17) is 0 Å². The maximum absolute atomic E-state index is 2.42. The molecule has 0 nitrogen and oxygen atoms in total. The van der Waals surface area contributed by atoms with Gasteiger partial charge in [0.1, 0.15) is 0 Å². The molecule has 1 atom stereocenters. The third kappa shape index (κ3) is 17.8. The van der Waals surface area contributed by atoms with Crippen molar-refractivity contribution in [2.24, 2.45) is 5.92 Å². The molecule has 0 heterocycles. The highest BCUT2D eigenvalue weighted by Crippen LogP contribution is 2.31. The largest absolute Gasteiger partial charge is 0.0654 e. The van der Waals surface area contributed by atoms with Gasteiger partial charge in [-0.25, -0.2) is 0 Å². The van der Waals surface area contributed by atoms with E-state index >= 15 is 0 Å². The Bertz CT molecular complexity index is 257. The van der Waals surface area contributed by atoms with Gasteiger partial charge in [-0.3, -0.25) is 0 Å². The van der Waals surface area contributed by atoms with Crippen LogP contribution in [0.15, 0.2) is 0 Å². The van der Waals surface area contributed by atoms with Crippen LogP contribution in [0, 0.1) is 11.8 Å². The Morgan fingerprint density at radius 1 is 0.481 bits per heavy atom. The number of unbranched alkanes of at least 4 members (excludes halogenated alkanes) is 15. The first-order chi connectivity index (χ1) is 13.3. The predicted molar refractivity (Wildman–Crippen MR) is 126 cm³/mol. The minimum absolute atomic E-state index is 0.921. The minimum atomic E-state index is 0.921. The maximum Gasteiger partial charge on any atom is -0.0213 e. The summed E-state index contributed by atoms with van der Waals surface area (Å²) >= 11 is 0. The molecule has 27 heavy (non-hydrogen) atoms. The normalized spacial score (nSPS) is 12.8. The van der Waals surface area contributed by atoms with Gasteiger partial charge in [-0.05, 0) is 31.1 Å². The van der Waals surface area contributed by atoms with Crippen molar-refractivity contribution < 1.29 is 0 Å². The Labute approximate surface area is 174 Å². The van der Waals surface area contributed by atoms with Gasteiger partial charge in [0.2, 0.25) is 0 Å². The van der Waals surface area contributed by atoms with Crippen LogP contribution in [0.25, 0.3) is 0 Å². The second-order valence-corrected chi connectivity index (χ2v) is 8.96. The Hall–Kier alpha value is 0. The molecular formula is C27H55. The van der Waals surface area contributed by atoms with Crippen molar-refractivity contribution in [3.63, 3.8) is 0 Å². The second kappa shape index (κ2) is 22.3. The summed E-state index contributed by atoms with van der Waals surface area (Å²) in [4.78, 5) is 0. The zero-order chi connectivity index (χ0) is 20.0. The maximum atomic E-state index is 2.42. The zero-order valence-electron chi connectivity index (χ0n) is 19.9. The lowest BCUT2D eigenvalue weighted by molar-refractivity contribution is 0.409. The fourth-order valence-electron chi connectivity index (χ4n) is 4.55. The van der Waals surface area contributed by atoms with Crippen LogP contribution in [-0.2, 0) is 0 Å². The zero-order valence-corrected chi connectivity index (χ0v) is 19.9. The summed E-state index contributed by atoms with van der Waals surface area (Å²) in [5, 5.41) is 0. The molecule has 0 aromatic carbocycles. The molecule has 1 unspecified atom stereocenters. The Kier molecular flexibility index (Phi) is 22.3. The summed E-state index contributed by atoms with van der Waals surface area (Å²) < 4.78 is 0. The molecule has 0 N–H and O–H groups in total. The van der Waals surface area contributed by atoms with Crippen LogP contribution < -0.4 is 0 Å². The van der Waals surface area contributed by atoms with Gasteiger partial charge in [-0.15, -0.1) is 0 Å². The molecule has 0 aliphatic carbocycles. The van der Waals surface area contributed by atoms with Gasteiger partial charge in [0.05, 0.1) is 0 Å². The summed E-state index contributed by atoms with van der Waals surface area (Å²) in [6.45, 7) is 9.43. The van der Waals surface area contributed by atoms with Crippen molar-refractivity contribution in [2.45, 2.75) is 163 Å². The van der Waals surface area contributed by atoms with E-state index in [1.165, 1.54) is 135 Å². The third-order valence-electron chi connectivity index (χ3n) is 6.53. The standard InChI is InChI=1S/C27H55/c1-5-9-11-13-15-16-17-19-21-23-25-27(8-4)26(7-3)24-22-20-18-14-12-10-6-2/h26H,5-25H2,1-4H3. The predicted octanol–water partition coefficient (Wildman–Crippen LogP) is 10.4. The van der Waals surface area contributed by atoms with Crippen LogP contribution in [0.3, 0.4) is 0 Å². The number of rotatable bonds is 22. The molecule has 0 aliphatic heterocycles. The molecule has 0 saturated carbocycles. The molecule has 0 rings (SSSR count). The van der Waals surface area contributed by atoms with Crippen molar-refractivity contribution in [3.05, 3.63) is 5.92 Å². The Balaban J connectivity index is 3.64. The van der Waals surface area contributed by atoms with Crippen molar-refractivity contribution in [1.82, 2.24) is 0 Å². The van der Waals surface area contributed by atoms with Crippen molar-refractivity contribution >= 4 is 0 Å². The number of hydrogen-bond acceptors (Lipinski definition) is 0. The molecule has 0 amide bonds. The molecule has 0 saturated heterocycles. The van der Waals surface area contributed by atoms with E-state index < -0.39 is 0 Å². The third-order valence-corrected chi connectivity index (χ3v) is 6.53. The summed E-state index contributed by atoms with van der Waals surface area (Å²) in [6, 6.07) is 0. The quantitative estimate of drug-likeness (QED) is 0.164. The van der Waals surface area contributed by atoms with Crippen LogP contribution in [0.4, 0.5) is 0 Å². The summed E-state index contributed by atoms with van der Waals surface area (Å²) in [5.41, 5.74) is 0. The van der Waals surface area contributed by atoms with Crippen molar-refractivity contribution in [2.75, 3.05) is 0 Å². The van der Waals surface area contributed by atoms with E-state index in [2.05, 4.69) is 27.7 Å². The summed E-state index contributed by atoms with van der Waals surface area (Å²) in [5.74, 6) is 2.81. The fraction of sp³-hybridized carbons (Fsp3) is 0.963.